The van der Waals surface area contributed by atoms with Gasteiger partial charge in [-0.3, -0.25) is 0 Å². The van der Waals surface area contributed by atoms with Gasteiger partial charge in [0.25, 0.3) is 0 Å². The van der Waals surface area contributed by atoms with Gasteiger partial charge in [0.1, 0.15) is 12.1 Å². The maximum Gasteiger partial charge on any atom is 0.129 e. The molecule has 0 unspecified atom stereocenters. The summed E-state index contributed by atoms with van der Waals surface area (Å²) < 4.78 is 0. The number of rotatable bonds is 5. The molecule has 1 rings (SSSR count). The first-order valence-corrected chi connectivity index (χ1v) is 6.18. The van der Waals surface area contributed by atoms with Gasteiger partial charge in [0.15, 0.2) is 0 Å². The van der Waals surface area contributed by atoms with Crippen LogP contribution in [-0.4, -0.2) is 28.5 Å². The third-order valence-electron chi connectivity index (χ3n) is 1.89. The van der Waals surface area contributed by atoms with Crippen molar-refractivity contribution in [3.8, 4) is 0 Å². The highest BCUT2D eigenvalue weighted by Crippen LogP contribution is 2.13. The van der Waals surface area contributed by atoms with E-state index in [1.807, 2.05) is 17.8 Å². The predicted molar refractivity (Wildman–Crippen MR) is 63.0 cm³/mol. The van der Waals surface area contributed by atoms with Crippen molar-refractivity contribution in [1.29, 1.82) is 0 Å². The van der Waals surface area contributed by atoms with Gasteiger partial charge in [-0.05, 0) is 12.2 Å². The van der Waals surface area contributed by atoms with Gasteiger partial charge in [-0.25, -0.2) is 9.97 Å². The lowest BCUT2D eigenvalue weighted by atomic mass is 10.1. The average molecular weight is 211 g/mol. The Hall–Kier alpha value is -0.770. The van der Waals surface area contributed by atoms with Crippen LogP contribution < -0.4 is 5.32 Å². The maximum atomic E-state index is 4.21. The SMILES string of the molecule is CSCCNc1cc(C(C)C)ncn1. The van der Waals surface area contributed by atoms with Gasteiger partial charge >= 0.3 is 0 Å². The van der Waals surface area contributed by atoms with E-state index in [9.17, 15) is 0 Å². The fourth-order valence-electron chi connectivity index (χ4n) is 1.07. The van der Waals surface area contributed by atoms with Gasteiger partial charge in [-0.1, -0.05) is 13.8 Å². The van der Waals surface area contributed by atoms with E-state index in [-0.39, 0.29) is 0 Å². The molecule has 0 atom stereocenters. The first kappa shape index (κ1) is 11.3. The zero-order valence-electron chi connectivity index (χ0n) is 8.95. The standard InChI is InChI=1S/C10H17N3S/c1-8(2)9-6-10(13-7-12-9)11-4-5-14-3/h6-8H,4-5H2,1-3H3,(H,11,12,13). The molecular formula is C10H17N3S. The van der Waals surface area contributed by atoms with E-state index in [0.717, 1.165) is 23.8 Å². The summed E-state index contributed by atoms with van der Waals surface area (Å²) in [6, 6.07) is 2.02. The fraction of sp³-hybridized carbons (Fsp3) is 0.600. The van der Waals surface area contributed by atoms with Crippen molar-refractivity contribution in [2.24, 2.45) is 0 Å². The summed E-state index contributed by atoms with van der Waals surface area (Å²) in [4.78, 5) is 8.37. The highest BCUT2D eigenvalue weighted by atomic mass is 32.2. The third kappa shape index (κ3) is 3.54. The van der Waals surface area contributed by atoms with Crippen LogP contribution in [0.2, 0.25) is 0 Å². The van der Waals surface area contributed by atoms with Crippen LogP contribution in [0.1, 0.15) is 25.5 Å². The lowest BCUT2D eigenvalue weighted by molar-refractivity contribution is 0.814. The minimum absolute atomic E-state index is 0.458. The first-order valence-electron chi connectivity index (χ1n) is 4.78. The molecule has 4 heteroatoms. The molecule has 1 heterocycles. The van der Waals surface area contributed by atoms with E-state index in [0.29, 0.717) is 5.92 Å². The zero-order valence-corrected chi connectivity index (χ0v) is 9.77. The number of hydrogen-bond donors (Lipinski definition) is 1. The van der Waals surface area contributed by atoms with Crippen molar-refractivity contribution in [2.45, 2.75) is 19.8 Å². The lowest BCUT2D eigenvalue weighted by Crippen LogP contribution is -2.06. The molecule has 0 aromatic carbocycles. The van der Waals surface area contributed by atoms with E-state index in [4.69, 9.17) is 0 Å². The van der Waals surface area contributed by atoms with Crippen molar-refractivity contribution in [3.05, 3.63) is 18.1 Å². The Morgan fingerprint density at radius 2 is 2.21 bits per heavy atom. The summed E-state index contributed by atoms with van der Waals surface area (Å²) in [6.45, 7) is 5.22. The van der Waals surface area contributed by atoms with Crippen LogP contribution in [0.15, 0.2) is 12.4 Å². The second-order valence-electron chi connectivity index (χ2n) is 3.40. The van der Waals surface area contributed by atoms with Crippen LogP contribution in [0.4, 0.5) is 5.82 Å². The van der Waals surface area contributed by atoms with Crippen LogP contribution in [0.25, 0.3) is 0 Å². The number of anilines is 1. The maximum absolute atomic E-state index is 4.21. The second kappa shape index (κ2) is 5.86. The Morgan fingerprint density at radius 3 is 2.86 bits per heavy atom. The molecular weight excluding hydrogens is 194 g/mol. The van der Waals surface area contributed by atoms with Gasteiger partial charge in [-0.15, -0.1) is 0 Å². The van der Waals surface area contributed by atoms with E-state index >= 15 is 0 Å². The molecule has 1 aromatic rings. The minimum Gasteiger partial charge on any atom is -0.369 e. The molecule has 0 aliphatic rings. The van der Waals surface area contributed by atoms with Gasteiger partial charge < -0.3 is 5.32 Å². The molecule has 14 heavy (non-hydrogen) atoms. The monoisotopic (exact) mass is 211 g/mol. The number of aromatic nitrogens is 2. The van der Waals surface area contributed by atoms with Crippen LogP contribution >= 0.6 is 11.8 Å². The summed E-state index contributed by atoms with van der Waals surface area (Å²) in [5.74, 6) is 2.48. The van der Waals surface area contributed by atoms with Crippen molar-refractivity contribution >= 4 is 17.6 Å². The Bertz CT molecular complexity index is 276. The smallest absolute Gasteiger partial charge is 0.129 e. The number of nitrogens with zero attached hydrogens (tertiary/aromatic N) is 2. The summed E-state index contributed by atoms with van der Waals surface area (Å²) in [5, 5.41) is 3.27. The summed E-state index contributed by atoms with van der Waals surface area (Å²) in [5.41, 5.74) is 1.09. The molecule has 0 amide bonds. The Kier molecular flexibility index (Phi) is 4.73. The van der Waals surface area contributed by atoms with Gasteiger partial charge in [-0.2, -0.15) is 11.8 Å². The van der Waals surface area contributed by atoms with Crippen LogP contribution in [0, 0.1) is 0 Å². The largest absolute Gasteiger partial charge is 0.369 e. The molecule has 0 saturated carbocycles. The Labute approximate surface area is 89.7 Å². The van der Waals surface area contributed by atoms with Crippen molar-refractivity contribution < 1.29 is 0 Å². The molecule has 0 aliphatic heterocycles. The van der Waals surface area contributed by atoms with Crippen molar-refractivity contribution in [1.82, 2.24) is 9.97 Å². The van der Waals surface area contributed by atoms with Gasteiger partial charge in [0.05, 0.1) is 0 Å². The minimum atomic E-state index is 0.458. The number of thioether (sulfide) groups is 1. The predicted octanol–water partition coefficient (Wildman–Crippen LogP) is 2.37. The normalized spacial score (nSPS) is 10.6. The lowest BCUT2D eigenvalue weighted by Gasteiger charge is -2.07. The second-order valence-corrected chi connectivity index (χ2v) is 4.39. The molecule has 1 aromatic heterocycles. The molecule has 0 saturated heterocycles. The summed E-state index contributed by atoms with van der Waals surface area (Å²) in [6.07, 6.45) is 3.72. The van der Waals surface area contributed by atoms with E-state index < -0.39 is 0 Å². The van der Waals surface area contributed by atoms with Crippen LogP contribution in [0.5, 0.6) is 0 Å². The summed E-state index contributed by atoms with van der Waals surface area (Å²) >= 11 is 1.83. The molecule has 0 aliphatic carbocycles. The Morgan fingerprint density at radius 1 is 1.43 bits per heavy atom. The average Bonchev–Trinajstić information content (AvgIpc) is 2.19. The molecule has 78 valence electrons. The number of hydrogen-bond acceptors (Lipinski definition) is 4. The molecule has 0 radical (unpaired) electrons. The topological polar surface area (TPSA) is 37.8 Å². The highest BCUT2D eigenvalue weighted by Gasteiger charge is 2.01. The summed E-state index contributed by atoms with van der Waals surface area (Å²) in [7, 11) is 0. The molecule has 0 bridgehead atoms. The van der Waals surface area contributed by atoms with Gasteiger partial charge in [0, 0.05) is 24.1 Å². The van der Waals surface area contributed by atoms with Crippen LogP contribution in [-0.2, 0) is 0 Å². The van der Waals surface area contributed by atoms with Crippen molar-refractivity contribution in [3.63, 3.8) is 0 Å². The first-order chi connectivity index (χ1) is 6.74. The third-order valence-corrected chi connectivity index (χ3v) is 2.50. The zero-order chi connectivity index (χ0) is 10.4. The van der Waals surface area contributed by atoms with E-state index in [1.165, 1.54) is 0 Å². The van der Waals surface area contributed by atoms with Crippen molar-refractivity contribution in [2.75, 3.05) is 23.9 Å². The molecule has 0 spiro atoms. The molecule has 0 fully saturated rings. The highest BCUT2D eigenvalue weighted by molar-refractivity contribution is 7.98. The van der Waals surface area contributed by atoms with Crippen LogP contribution in [0.3, 0.4) is 0 Å². The van der Waals surface area contributed by atoms with Gasteiger partial charge in [0.2, 0.25) is 0 Å². The van der Waals surface area contributed by atoms with E-state index in [1.54, 1.807) is 6.33 Å². The fourth-order valence-corrected chi connectivity index (χ4v) is 1.37. The quantitative estimate of drug-likeness (QED) is 0.759. The van der Waals surface area contributed by atoms with E-state index in [2.05, 4.69) is 35.4 Å². The molecule has 1 N–H and O–H groups in total. The Balaban J connectivity index is 2.55. The molecule has 3 nitrogen and oxygen atoms in total. The number of nitrogens with one attached hydrogen (secondary N) is 1.